The molecule has 3 aromatic rings. The van der Waals surface area contributed by atoms with Crippen LogP contribution in [-0.4, -0.2) is 32.7 Å². The predicted molar refractivity (Wildman–Crippen MR) is 111 cm³/mol. The SMILES string of the molecule is Cc1ccc(C(=O)Nc2nnc(SCC(=O)Nc3ccc(F)c([N+](=O)[O-])c3)s2)cc1. The largest absolute Gasteiger partial charge is 0.325 e. The summed E-state index contributed by atoms with van der Waals surface area (Å²) in [6.07, 6.45) is 0. The Morgan fingerprint density at radius 3 is 2.60 bits per heavy atom. The molecule has 1 aromatic heterocycles. The van der Waals surface area contributed by atoms with Crippen LogP contribution in [0, 0.1) is 22.9 Å². The summed E-state index contributed by atoms with van der Waals surface area (Å²) in [5, 5.41) is 23.9. The molecule has 2 amide bonds. The maximum absolute atomic E-state index is 13.3. The van der Waals surface area contributed by atoms with Gasteiger partial charge in [-0.1, -0.05) is 40.8 Å². The van der Waals surface area contributed by atoms with Crippen LogP contribution in [0.5, 0.6) is 0 Å². The number of nitrogens with one attached hydrogen (secondary N) is 2. The highest BCUT2D eigenvalue weighted by Gasteiger charge is 2.16. The Morgan fingerprint density at radius 1 is 1.17 bits per heavy atom. The topological polar surface area (TPSA) is 127 Å². The smallest absolute Gasteiger partial charge is 0.306 e. The van der Waals surface area contributed by atoms with Crippen LogP contribution in [0.15, 0.2) is 46.8 Å². The summed E-state index contributed by atoms with van der Waals surface area (Å²) in [5.74, 6) is -1.81. The lowest BCUT2D eigenvalue weighted by Crippen LogP contribution is -2.14. The van der Waals surface area contributed by atoms with Gasteiger partial charge in [0.05, 0.1) is 10.7 Å². The zero-order chi connectivity index (χ0) is 21.7. The van der Waals surface area contributed by atoms with Crippen LogP contribution >= 0.6 is 23.1 Å². The second kappa shape index (κ2) is 9.41. The average molecular weight is 447 g/mol. The molecule has 2 aromatic carbocycles. The van der Waals surface area contributed by atoms with Gasteiger partial charge < -0.3 is 5.32 Å². The molecule has 0 aliphatic heterocycles. The first-order valence-electron chi connectivity index (χ1n) is 8.40. The van der Waals surface area contributed by atoms with Crippen molar-refractivity contribution in [2.75, 3.05) is 16.4 Å². The summed E-state index contributed by atoms with van der Waals surface area (Å²) >= 11 is 2.19. The van der Waals surface area contributed by atoms with Crippen molar-refractivity contribution >= 4 is 51.4 Å². The van der Waals surface area contributed by atoms with Crippen LogP contribution in [-0.2, 0) is 4.79 Å². The number of halogens is 1. The summed E-state index contributed by atoms with van der Waals surface area (Å²) in [6.45, 7) is 1.92. The van der Waals surface area contributed by atoms with Crippen molar-refractivity contribution in [1.82, 2.24) is 10.2 Å². The van der Waals surface area contributed by atoms with Crippen molar-refractivity contribution in [2.24, 2.45) is 0 Å². The molecule has 0 fully saturated rings. The van der Waals surface area contributed by atoms with E-state index in [4.69, 9.17) is 0 Å². The Labute approximate surface area is 177 Å². The number of carbonyl (C=O) groups is 2. The zero-order valence-electron chi connectivity index (χ0n) is 15.4. The Balaban J connectivity index is 1.53. The monoisotopic (exact) mass is 447 g/mol. The van der Waals surface area contributed by atoms with E-state index in [0.717, 1.165) is 40.8 Å². The van der Waals surface area contributed by atoms with Crippen LogP contribution in [0.2, 0.25) is 0 Å². The molecule has 1 heterocycles. The zero-order valence-corrected chi connectivity index (χ0v) is 17.1. The van der Waals surface area contributed by atoms with Crippen molar-refractivity contribution in [3.05, 3.63) is 69.5 Å². The van der Waals surface area contributed by atoms with Crippen molar-refractivity contribution in [3.63, 3.8) is 0 Å². The van der Waals surface area contributed by atoms with E-state index in [9.17, 15) is 24.1 Å². The average Bonchev–Trinajstić information content (AvgIpc) is 3.15. The number of amides is 2. The number of aromatic nitrogens is 2. The minimum atomic E-state index is -0.985. The second-order valence-corrected chi connectivity index (χ2v) is 8.15. The fourth-order valence-corrected chi connectivity index (χ4v) is 3.79. The van der Waals surface area contributed by atoms with Gasteiger partial charge in [0.2, 0.25) is 16.9 Å². The highest BCUT2D eigenvalue weighted by atomic mass is 32.2. The molecule has 0 atom stereocenters. The number of thioether (sulfide) groups is 1. The summed E-state index contributed by atoms with van der Waals surface area (Å²) in [5.41, 5.74) is 0.906. The molecule has 0 radical (unpaired) electrons. The van der Waals surface area contributed by atoms with E-state index < -0.39 is 22.3 Å². The minimum Gasteiger partial charge on any atom is -0.325 e. The Bertz CT molecular complexity index is 1100. The van der Waals surface area contributed by atoms with Gasteiger partial charge in [0.1, 0.15) is 0 Å². The van der Waals surface area contributed by atoms with Crippen LogP contribution < -0.4 is 10.6 Å². The molecular formula is C18H14FN5O4S2. The first-order valence-corrected chi connectivity index (χ1v) is 10.2. The van der Waals surface area contributed by atoms with Crippen molar-refractivity contribution in [2.45, 2.75) is 11.3 Å². The van der Waals surface area contributed by atoms with Gasteiger partial charge in [-0.2, -0.15) is 4.39 Å². The molecule has 154 valence electrons. The molecule has 9 nitrogen and oxygen atoms in total. The maximum atomic E-state index is 13.3. The number of nitro groups is 1. The van der Waals surface area contributed by atoms with Crippen molar-refractivity contribution in [1.29, 1.82) is 0 Å². The molecule has 0 aliphatic rings. The Hall–Kier alpha value is -3.38. The molecule has 2 N–H and O–H groups in total. The van der Waals surface area contributed by atoms with E-state index in [0.29, 0.717) is 9.90 Å². The number of aryl methyl sites for hydroxylation is 1. The van der Waals surface area contributed by atoms with Gasteiger partial charge in [-0.3, -0.25) is 25.0 Å². The molecule has 12 heteroatoms. The van der Waals surface area contributed by atoms with Gasteiger partial charge in [0.15, 0.2) is 4.34 Å². The lowest BCUT2D eigenvalue weighted by Gasteiger charge is -2.04. The first-order chi connectivity index (χ1) is 14.3. The molecular weight excluding hydrogens is 433 g/mol. The second-order valence-electron chi connectivity index (χ2n) is 5.95. The van der Waals surface area contributed by atoms with Gasteiger partial charge in [-0.25, -0.2) is 0 Å². The standard InChI is InChI=1S/C18H14FN5O4S2/c1-10-2-4-11(5-3-10)16(26)21-17-22-23-18(30-17)29-9-15(25)20-12-6-7-13(19)14(8-12)24(27)28/h2-8H,9H2,1H3,(H,20,25)(H,21,22,26). The van der Waals surface area contributed by atoms with Gasteiger partial charge in [0, 0.05) is 17.3 Å². The van der Waals surface area contributed by atoms with Crippen molar-refractivity contribution < 1.29 is 18.9 Å². The molecule has 0 spiro atoms. The third-order valence-corrected chi connectivity index (χ3v) is 5.67. The van der Waals surface area contributed by atoms with E-state index in [1.165, 1.54) is 6.07 Å². The summed E-state index contributed by atoms with van der Waals surface area (Å²) in [7, 11) is 0. The lowest BCUT2D eigenvalue weighted by molar-refractivity contribution is -0.387. The van der Waals surface area contributed by atoms with Gasteiger partial charge in [0.25, 0.3) is 5.91 Å². The van der Waals surface area contributed by atoms with E-state index in [1.54, 1.807) is 12.1 Å². The minimum absolute atomic E-state index is 0.0499. The molecule has 0 aliphatic carbocycles. The van der Waals surface area contributed by atoms with Gasteiger partial charge >= 0.3 is 5.69 Å². The number of hydrogen-bond acceptors (Lipinski definition) is 8. The number of hydrogen-bond donors (Lipinski definition) is 2. The van der Waals surface area contributed by atoms with Gasteiger partial charge in [-0.15, -0.1) is 10.2 Å². The van der Waals surface area contributed by atoms with Crippen LogP contribution in [0.3, 0.4) is 0 Å². The lowest BCUT2D eigenvalue weighted by atomic mass is 10.1. The van der Waals surface area contributed by atoms with Gasteiger partial charge in [-0.05, 0) is 31.2 Å². The quantitative estimate of drug-likeness (QED) is 0.243. The maximum Gasteiger partial charge on any atom is 0.306 e. The first kappa shape index (κ1) is 21.3. The highest BCUT2D eigenvalue weighted by Crippen LogP contribution is 2.26. The highest BCUT2D eigenvalue weighted by molar-refractivity contribution is 8.01. The number of benzene rings is 2. The third kappa shape index (κ3) is 5.58. The number of rotatable bonds is 7. The number of anilines is 2. The van der Waals surface area contributed by atoms with Crippen molar-refractivity contribution in [3.8, 4) is 0 Å². The summed E-state index contributed by atoms with van der Waals surface area (Å²) in [4.78, 5) is 34.1. The fraction of sp³-hybridized carbons (Fsp3) is 0.111. The molecule has 0 bridgehead atoms. The Morgan fingerprint density at radius 2 is 1.90 bits per heavy atom. The third-order valence-electron chi connectivity index (χ3n) is 3.69. The molecule has 0 saturated heterocycles. The van der Waals surface area contributed by atoms with Crippen LogP contribution in [0.1, 0.15) is 15.9 Å². The normalized spacial score (nSPS) is 10.5. The summed E-state index contributed by atoms with van der Waals surface area (Å²) in [6, 6.07) is 10.1. The predicted octanol–water partition coefficient (Wildman–Crippen LogP) is 3.88. The molecule has 0 unspecified atom stereocenters. The number of nitro benzene ring substituents is 1. The summed E-state index contributed by atoms with van der Waals surface area (Å²) < 4.78 is 13.8. The van der Waals surface area contributed by atoms with E-state index in [1.807, 2.05) is 19.1 Å². The van der Waals surface area contributed by atoms with E-state index in [2.05, 4.69) is 20.8 Å². The van der Waals surface area contributed by atoms with E-state index >= 15 is 0 Å². The molecule has 30 heavy (non-hydrogen) atoms. The number of carbonyl (C=O) groups excluding carboxylic acids is 2. The van der Waals surface area contributed by atoms with Crippen LogP contribution in [0.25, 0.3) is 0 Å². The number of nitrogens with zero attached hydrogens (tertiary/aromatic N) is 3. The van der Waals surface area contributed by atoms with E-state index in [-0.39, 0.29) is 22.5 Å². The fourth-order valence-electron chi connectivity index (χ4n) is 2.25. The Kier molecular flexibility index (Phi) is 6.69. The molecule has 3 rings (SSSR count). The van der Waals surface area contributed by atoms with Crippen LogP contribution in [0.4, 0.5) is 20.9 Å². The molecule has 0 saturated carbocycles.